The number of halogens is 2. The van der Waals surface area contributed by atoms with E-state index in [1.165, 1.54) is 0 Å². The van der Waals surface area contributed by atoms with Crippen molar-refractivity contribution in [2.24, 2.45) is 0 Å². The van der Waals surface area contributed by atoms with Crippen LogP contribution < -0.4 is 0 Å². The van der Waals surface area contributed by atoms with Crippen LogP contribution in [0.4, 0.5) is 0 Å². The Bertz CT molecular complexity index is 332. The van der Waals surface area contributed by atoms with E-state index in [4.69, 9.17) is 0 Å². The summed E-state index contributed by atoms with van der Waals surface area (Å²) in [6.07, 6.45) is 4.79. The molecule has 1 nitrogen and oxygen atoms in total. The molecule has 0 aliphatic carbocycles. The van der Waals surface area contributed by atoms with Crippen LogP contribution in [0.1, 0.15) is 15.9 Å². The summed E-state index contributed by atoms with van der Waals surface area (Å²) < 4.78 is 0.849. The molecule has 0 aliphatic heterocycles. The van der Waals surface area contributed by atoms with Crippen LogP contribution in [0.25, 0.3) is 6.08 Å². The summed E-state index contributed by atoms with van der Waals surface area (Å²) in [6, 6.07) is 5.60. The maximum Gasteiger partial charge on any atom is 0.151 e. The lowest BCUT2D eigenvalue weighted by molar-refractivity contribution is 0.112. The van der Waals surface area contributed by atoms with Gasteiger partial charge >= 0.3 is 0 Å². The number of carbonyl (C=O) groups is 1. The average molecular weight is 304 g/mol. The topological polar surface area (TPSA) is 17.1 Å². The first-order valence-electron chi connectivity index (χ1n) is 3.75. The van der Waals surface area contributed by atoms with Crippen LogP contribution in [0, 0.1) is 0 Å². The first kappa shape index (κ1) is 10.7. The Morgan fingerprint density at radius 1 is 1.31 bits per heavy atom. The number of alkyl halides is 1. The van der Waals surface area contributed by atoms with Gasteiger partial charge in [-0.3, -0.25) is 4.79 Å². The number of rotatable bonds is 3. The molecule has 1 aromatic carbocycles. The minimum absolute atomic E-state index is 0.678. The van der Waals surface area contributed by atoms with E-state index < -0.39 is 0 Å². The Morgan fingerprint density at radius 3 is 2.62 bits per heavy atom. The number of allylic oxidation sites excluding steroid dienone is 1. The fraction of sp³-hybridized carbons (Fsp3) is 0.100. The minimum atomic E-state index is 0.678. The molecular weight excluding hydrogens is 296 g/mol. The second-order valence-electron chi connectivity index (χ2n) is 2.42. The molecule has 0 unspecified atom stereocenters. The van der Waals surface area contributed by atoms with E-state index in [9.17, 15) is 4.79 Å². The first-order chi connectivity index (χ1) is 6.29. The van der Waals surface area contributed by atoms with Crippen LogP contribution in [0.3, 0.4) is 0 Å². The van der Waals surface area contributed by atoms with Gasteiger partial charge in [0.05, 0.1) is 0 Å². The van der Waals surface area contributed by atoms with Crippen LogP contribution in [-0.4, -0.2) is 11.6 Å². The molecule has 0 atom stereocenters. The molecule has 0 fully saturated rings. The third-order valence-corrected chi connectivity index (χ3v) is 2.86. The van der Waals surface area contributed by atoms with E-state index in [1.54, 1.807) is 6.07 Å². The van der Waals surface area contributed by atoms with E-state index in [0.717, 1.165) is 21.7 Å². The van der Waals surface area contributed by atoms with Gasteiger partial charge in [0.2, 0.25) is 0 Å². The van der Waals surface area contributed by atoms with Crippen molar-refractivity contribution in [2.75, 3.05) is 5.33 Å². The second-order valence-corrected chi connectivity index (χ2v) is 3.87. The van der Waals surface area contributed by atoms with Gasteiger partial charge in [-0.15, -0.1) is 0 Å². The number of benzene rings is 1. The molecule has 13 heavy (non-hydrogen) atoms. The predicted octanol–water partition coefficient (Wildman–Crippen LogP) is 3.67. The molecule has 0 N–H and O–H groups in total. The summed E-state index contributed by atoms with van der Waals surface area (Å²) >= 11 is 6.67. The minimum Gasteiger partial charge on any atom is -0.298 e. The van der Waals surface area contributed by atoms with Crippen molar-refractivity contribution >= 4 is 44.2 Å². The predicted molar refractivity (Wildman–Crippen MR) is 62.4 cm³/mol. The highest BCUT2D eigenvalue weighted by molar-refractivity contribution is 9.10. The summed E-state index contributed by atoms with van der Waals surface area (Å²) in [4.78, 5) is 10.6. The zero-order valence-corrected chi connectivity index (χ0v) is 10.0. The van der Waals surface area contributed by atoms with Crippen molar-refractivity contribution in [2.45, 2.75) is 0 Å². The maximum atomic E-state index is 10.6. The van der Waals surface area contributed by atoms with Crippen molar-refractivity contribution in [1.29, 1.82) is 0 Å². The molecular formula is C10H8Br2O. The van der Waals surface area contributed by atoms with Crippen molar-refractivity contribution < 1.29 is 4.79 Å². The molecule has 1 rings (SSSR count). The summed E-state index contributed by atoms with van der Waals surface area (Å²) in [7, 11) is 0. The maximum absolute atomic E-state index is 10.6. The third kappa shape index (κ3) is 2.78. The molecule has 0 aromatic heterocycles. The highest BCUT2D eigenvalue weighted by Crippen LogP contribution is 2.21. The Hall–Kier alpha value is -0.410. The molecule has 1 aromatic rings. The molecule has 0 saturated carbocycles. The monoisotopic (exact) mass is 302 g/mol. The third-order valence-electron chi connectivity index (χ3n) is 1.57. The van der Waals surface area contributed by atoms with Gasteiger partial charge in [-0.25, -0.2) is 0 Å². The Kier molecular flexibility index (Phi) is 4.39. The van der Waals surface area contributed by atoms with Crippen LogP contribution >= 0.6 is 31.9 Å². The van der Waals surface area contributed by atoms with E-state index in [1.807, 2.05) is 24.3 Å². The summed E-state index contributed by atoms with van der Waals surface area (Å²) in [5.74, 6) is 0. The van der Waals surface area contributed by atoms with Crippen molar-refractivity contribution in [3.8, 4) is 0 Å². The summed E-state index contributed by atoms with van der Waals surface area (Å²) in [6.45, 7) is 0. The van der Waals surface area contributed by atoms with Crippen molar-refractivity contribution in [1.82, 2.24) is 0 Å². The van der Waals surface area contributed by atoms with Gasteiger partial charge in [0.15, 0.2) is 6.29 Å². The molecule has 68 valence electrons. The lowest BCUT2D eigenvalue weighted by Crippen LogP contribution is -1.84. The van der Waals surface area contributed by atoms with Gasteiger partial charge in [-0.2, -0.15) is 0 Å². The lowest BCUT2D eigenvalue weighted by atomic mass is 10.1. The largest absolute Gasteiger partial charge is 0.298 e. The molecule has 0 saturated heterocycles. The van der Waals surface area contributed by atoms with Crippen LogP contribution in [0.15, 0.2) is 28.7 Å². The highest BCUT2D eigenvalue weighted by Gasteiger charge is 2.00. The van der Waals surface area contributed by atoms with Crippen LogP contribution in [0.2, 0.25) is 0 Å². The van der Waals surface area contributed by atoms with E-state index in [0.29, 0.717) is 5.56 Å². The normalized spacial score (nSPS) is 10.6. The van der Waals surface area contributed by atoms with Gasteiger partial charge in [-0.05, 0) is 21.5 Å². The Morgan fingerprint density at radius 2 is 2.00 bits per heavy atom. The summed E-state index contributed by atoms with van der Waals surface area (Å²) in [5, 5.41) is 0.810. The Labute approximate surface area is 94.1 Å². The van der Waals surface area contributed by atoms with E-state index in [2.05, 4.69) is 31.9 Å². The molecule has 0 aliphatic rings. The molecule has 0 bridgehead atoms. The van der Waals surface area contributed by atoms with Gasteiger partial charge in [0, 0.05) is 15.4 Å². The standard InChI is InChI=1S/C10H8Br2O/c11-6-2-5-8-3-1-4-9(7-13)10(8)12/h1-5,7H,6H2. The molecule has 3 heteroatoms. The first-order valence-corrected chi connectivity index (χ1v) is 5.67. The number of hydrogen-bond acceptors (Lipinski definition) is 1. The van der Waals surface area contributed by atoms with Gasteiger partial charge in [-0.1, -0.05) is 46.3 Å². The van der Waals surface area contributed by atoms with Gasteiger partial charge in [0.1, 0.15) is 0 Å². The zero-order valence-electron chi connectivity index (χ0n) is 6.84. The zero-order chi connectivity index (χ0) is 9.68. The van der Waals surface area contributed by atoms with Crippen LogP contribution in [-0.2, 0) is 0 Å². The second kappa shape index (κ2) is 5.35. The molecule has 0 amide bonds. The average Bonchev–Trinajstić information content (AvgIpc) is 2.16. The quantitative estimate of drug-likeness (QED) is 0.615. The van der Waals surface area contributed by atoms with Crippen molar-refractivity contribution in [3.63, 3.8) is 0 Å². The Balaban J connectivity index is 3.08. The number of hydrogen-bond donors (Lipinski definition) is 0. The molecule has 0 radical (unpaired) electrons. The van der Waals surface area contributed by atoms with Crippen LogP contribution in [0.5, 0.6) is 0 Å². The van der Waals surface area contributed by atoms with E-state index in [-0.39, 0.29) is 0 Å². The van der Waals surface area contributed by atoms with Gasteiger partial charge < -0.3 is 0 Å². The lowest BCUT2D eigenvalue weighted by Gasteiger charge is -2.00. The van der Waals surface area contributed by atoms with Crippen molar-refractivity contribution in [3.05, 3.63) is 39.9 Å². The fourth-order valence-corrected chi connectivity index (χ4v) is 1.64. The fourth-order valence-electron chi connectivity index (χ4n) is 0.960. The van der Waals surface area contributed by atoms with Gasteiger partial charge in [0.25, 0.3) is 0 Å². The SMILES string of the molecule is O=Cc1cccc(C=CCBr)c1Br. The number of carbonyl (C=O) groups excluding carboxylic acids is 1. The molecule has 0 spiro atoms. The highest BCUT2D eigenvalue weighted by atomic mass is 79.9. The summed E-state index contributed by atoms with van der Waals surface area (Å²) in [5.41, 5.74) is 1.70. The van der Waals surface area contributed by atoms with E-state index >= 15 is 0 Å². The smallest absolute Gasteiger partial charge is 0.151 e. The number of aldehydes is 1. The molecule has 0 heterocycles.